The molecule has 2 aliphatic carbocycles. The number of carbonyl (C=O) groups is 1. The van der Waals surface area contributed by atoms with Crippen LogP contribution in [0.25, 0.3) is 0 Å². The maximum absolute atomic E-state index is 12.9. The van der Waals surface area contributed by atoms with Gasteiger partial charge in [0.2, 0.25) is 5.91 Å². The van der Waals surface area contributed by atoms with E-state index < -0.39 is 0 Å². The van der Waals surface area contributed by atoms with Crippen LogP contribution in [0.2, 0.25) is 0 Å². The Morgan fingerprint density at radius 2 is 1.89 bits per heavy atom. The highest BCUT2D eigenvalue weighted by Crippen LogP contribution is 2.46. The van der Waals surface area contributed by atoms with E-state index in [-0.39, 0.29) is 17.4 Å². The van der Waals surface area contributed by atoms with Gasteiger partial charge in [-0.2, -0.15) is 0 Å². The summed E-state index contributed by atoms with van der Waals surface area (Å²) >= 11 is 0. The lowest BCUT2D eigenvalue weighted by Crippen LogP contribution is -2.52. The van der Waals surface area contributed by atoms with Crippen LogP contribution in [0, 0.1) is 17.3 Å². The predicted molar refractivity (Wildman–Crippen MR) is 78.7 cm³/mol. The van der Waals surface area contributed by atoms with Crippen LogP contribution < -0.4 is 5.73 Å². The Morgan fingerprint density at radius 1 is 1.26 bits per heavy atom. The Labute approximate surface area is 117 Å². The minimum atomic E-state index is 0.0234. The van der Waals surface area contributed by atoms with Crippen molar-refractivity contribution in [3.05, 3.63) is 0 Å². The van der Waals surface area contributed by atoms with Gasteiger partial charge in [-0.05, 0) is 43.4 Å². The van der Waals surface area contributed by atoms with Crippen molar-refractivity contribution in [3.63, 3.8) is 0 Å². The average molecular weight is 266 g/mol. The first-order valence-corrected chi connectivity index (χ1v) is 7.95. The lowest BCUT2D eigenvalue weighted by Gasteiger charge is -2.47. The van der Waals surface area contributed by atoms with Gasteiger partial charge in [0.15, 0.2) is 0 Å². The molecular weight excluding hydrogens is 236 g/mol. The Hall–Kier alpha value is -0.570. The van der Waals surface area contributed by atoms with Gasteiger partial charge in [-0.1, -0.05) is 27.7 Å². The number of nitrogens with two attached hydrogens (primary N) is 1. The molecule has 3 nitrogen and oxygen atoms in total. The Kier molecular flexibility index (Phi) is 4.24. The van der Waals surface area contributed by atoms with Gasteiger partial charge in [0.1, 0.15) is 0 Å². The monoisotopic (exact) mass is 266 g/mol. The molecule has 0 radical (unpaired) electrons. The molecule has 2 aliphatic rings. The molecule has 0 aliphatic heterocycles. The molecular formula is C16H30N2O. The molecule has 3 atom stereocenters. The summed E-state index contributed by atoms with van der Waals surface area (Å²) in [6.45, 7) is 9.77. The lowest BCUT2D eigenvalue weighted by molar-refractivity contribution is -0.144. The maximum atomic E-state index is 12.9. The standard InChI is InChI=1S/C16H30N2O/c1-5-10-18(12-6-7-12)15(19)13-8-9-14(17)11(2)16(13,3)4/h11-14H,5-10,17H2,1-4H3. The van der Waals surface area contributed by atoms with Gasteiger partial charge in [0.05, 0.1) is 0 Å². The van der Waals surface area contributed by atoms with E-state index >= 15 is 0 Å². The summed E-state index contributed by atoms with van der Waals surface area (Å²) < 4.78 is 0. The Morgan fingerprint density at radius 3 is 2.42 bits per heavy atom. The summed E-state index contributed by atoms with van der Waals surface area (Å²) in [6, 6.07) is 0.786. The summed E-state index contributed by atoms with van der Waals surface area (Å²) in [4.78, 5) is 15.1. The highest BCUT2D eigenvalue weighted by molar-refractivity contribution is 5.80. The second kappa shape index (κ2) is 5.43. The summed E-state index contributed by atoms with van der Waals surface area (Å²) in [5, 5.41) is 0. The molecule has 0 aromatic carbocycles. The normalized spacial score (nSPS) is 34.1. The van der Waals surface area contributed by atoms with E-state index in [0.29, 0.717) is 17.9 Å². The summed E-state index contributed by atoms with van der Waals surface area (Å²) in [5.41, 5.74) is 6.22. The number of hydrogen-bond acceptors (Lipinski definition) is 2. The molecule has 0 spiro atoms. The molecule has 2 saturated carbocycles. The van der Waals surface area contributed by atoms with Crippen molar-refractivity contribution in [2.75, 3.05) is 6.54 Å². The zero-order chi connectivity index (χ0) is 14.2. The third-order valence-electron chi connectivity index (χ3n) is 5.54. The Bertz CT molecular complexity index is 336. The Balaban J connectivity index is 2.12. The van der Waals surface area contributed by atoms with Crippen LogP contribution in [-0.2, 0) is 4.79 Å². The lowest BCUT2D eigenvalue weighted by atomic mass is 9.60. The topological polar surface area (TPSA) is 46.3 Å². The van der Waals surface area contributed by atoms with E-state index in [0.717, 1.165) is 25.8 Å². The first-order valence-electron chi connectivity index (χ1n) is 7.95. The van der Waals surface area contributed by atoms with Gasteiger partial charge in [-0.15, -0.1) is 0 Å². The molecule has 0 aromatic rings. The first kappa shape index (κ1) is 14.8. The van der Waals surface area contributed by atoms with Gasteiger partial charge in [-0.25, -0.2) is 0 Å². The van der Waals surface area contributed by atoms with Crippen LogP contribution in [0.1, 0.15) is 59.8 Å². The van der Waals surface area contributed by atoms with Crippen molar-refractivity contribution < 1.29 is 4.79 Å². The summed E-state index contributed by atoms with van der Waals surface area (Å²) in [5.74, 6) is 0.973. The van der Waals surface area contributed by atoms with Crippen molar-refractivity contribution in [1.29, 1.82) is 0 Å². The van der Waals surface area contributed by atoms with E-state index in [1.807, 2.05) is 0 Å². The molecule has 0 bridgehead atoms. The number of rotatable bonds is 4. The quantitative estimate of drug-likeness (QED) is 0.850. The zero-order valence-electron chi connectivity index (χ0n) is 13.0. The molecule has 2 fully saturated rings. The average Bonchev–Trinajstić information content (AvgIpc) is 3.17. The largest absolute Gasteiger partial charge is 0.339 e. The van der Waals surface area contributed by atoms with Crippen molar-refractivity contribution in [3.8, 4) is 0 Å². The fraction of sp³-hybridized carbons (Fsp3) is 0.938. The van der Waals surface area contributed by atoms with Crippen molar-refractivity contribution in [2.45, 2.75) is 71.9 Å². The highest BCUT2D eigenvalue weighted by Gasteiger charge is 2.47. The fourth-order valence-electron chi connectivity index (χ4n) is 3.59. The van der Waals surface area contributed by atoms with Crippen molar-refractivity contribution >= 4 is 5.91 Å². The third kappa shape index (κ3) is 2.81. The molecule has 2 rings (SSSR count). The van der Waals surface area contributed by atoms with E-state index in [2.05, 4.69) is 32.6 Å². The smallest absolute Gasteiger partial charge is 0.226 e. The van der Waals surface area contributed by atoms with Gasteiger partial charge in [0.25, 0.3) is 0 Å². The van der Waals surface area contributed by atoms with Crippen LogP contribution in [-0.4, -0.2) is 29.4 Å². The van der Waals surface area contributed by atoms with Crippen molar-refractivity contribution in [1.82, 2.24) is 4.90 Å². The van der Waals surface area contributed by atoms with E-state index in [1.54, 1.807) is 0 Å². The second-order valence-corrected chi connectivity index (χ2v) is 7.17. The minimum absolute atomic E-state index is 0.0234. The number of nitrogens with zero attached hydrogens (tertiary/aromatic N) is 1. The second-order valence-electron chi connectivity index (χ2n) is 7.17. The maximum Gasteiger partial charge on any atom is 0.226 e. The molecule has 0 saturated heterocycles. The predicted octanol–water partition coefficient (Wildman–Crippen LogP) is 2.79. The molecule has 3 unspecified atom stereocenters. The molecule has 2 N–H and O–H groups in total. The van der Waals surface area contributed by atoms with Gasteiger partial charge in [0, 0.05) is 24.5 Å². The number of amides is 1. The first-order chi connectivity index (χ1) is 8.89. The van der Waals surface area contributed by atoms with Gasteiger partial charge in [-0.3, -0.25) is 4.79 Å². The fourth-order valence-corrected chi connectivity index (χ4v) is 3.59. The van der Waals surface area contributed by atoms with Crippen LogP contribution >= 0.6 is 0 Å². The van der Waals surface area contributed by atoms with E-state index in [4.69, 9.17) is 5.73 Å². The summed E-state index contributed by atoms with van der Waals surface area (Å²) in [6.07, 6.45) is 5.42. The molecule has 3 heteroatoms. The third-order valence-corrected chi connectivity index (χ3v) is 5.54. The SMILES string of the molecule is CCCN(C(=O)C1CCC(N)C(C)C1(C)C)C1CC1. The molecule has 0 heterocycles. The highest BCUT2D eigenvalue weighted by atomic mass is 16.2. The number of hydrogen-bond donors (Lipinski definition) is 1. The van der Waals surface area contributed by atoms with Crippen LogP contribution in [0.5, 0.6) is 0 Å². The van der Waals surface area contributed by atoms with Crippen LogP contribution in [0.3, 0.4) is 0 Å². The van der Waals surface area contributed by atoms with E-state index in [9.17, 15) is 4.79 Å². The molecule has 0 aromatic heterocycles. The molecule has 1 amide bonds. The van der Waals surface area contributed by atoms with Crippen molar-refractivity contribution in [2.24, 2.45) is 23.0 Å². The number of carbonyl (C=O) groups excluding carboxylic acids is 1. The van der Waals surface area contributed by atoms with Gasteiger partial charge < -0.3 is 10.6 Å². The summed E-state index contributed by atoms with van der Waals surface area (Å²) in [7, 11) is 0. The molecule has 19 heavy (non-hydrogen) atoms. The van der Waals surface area contributed by atoms with Crippen LogP contribution in [0.4, 0.5) is 0 Å². The van der Waals surface area contributed by atoms with Crippen LogP contribution in [0.15, 0.2) is 0 Å². The zero-order valence-corrected chi connectivity index (χ0v) is 13.0. The minimum Gasteiger partial charge on any atom is -0.339 e. The molecule has 110 valence electrons. The van der Waals surface area contributed by atoms with Gasteiger partial charge >= 0.3 is 0 Å². The van der Waals surface area contributed by atoms with E-state index in [1.165, 1.54) is 12.8 Å².